The molecular formula is C17H12ClF3N4OS. The number of nitrogens with zero attached hydrogens (tertiary/aromatic N) is 3. The van der Waals surface area contributed by atoms with Crippen LogP contribution in [0.15, 0.2) is 47.6 Å². The van der Waals surface area contributed by atoms with Crippen LogP contribution in [0.25, 0.3) is 10.6 Å². The molecule has 0 aliphatic heterocycles. The molecule has 0 spiro atoms. The number of hydrogen-bond donors (Lipinski definition) is 1. The Bertz CT molecular complexity index is 993. The molecule has 0 unspecified atom stereocenters. The highest BCUT2D eigenvalue weighted by molar-refractivity contribution is 7.17. The lowest BCUT2D eigenvalue weighted by molar-refractivity contribution is -0.143. The Morgan fingerprint density at radius 2 is 1.96 bits per heavy atom. The van der Waals surface area contributed by atoms with E-state index in [0.717, 1.165) is 10.7 Å². The molecule has 2 heterocycles. The highest BCUT2D eigenvalue weighted by Crippen LogP contribution is 2.33. The summed E-state index contributed by atoms with van der Waals surface area (Å²) in [5, 5.41) is 8.27. The van der Waals surface area contributed by atoms with E-state index in [4.69, 9.17) is 11.6 Å². The monoisotopic (exact) mass is 412 g/mol. The van der Waals surface area contributed by atoms with Gasteiger partial charge in [-0.05, 0) is 42.5 Å². The lowest BCUT2D eigenvalue weighted by Crippen LogP contribution is -2.17. The molecule has 140 valence electrons. The predicted octanol–water partition coefficient (Wildman–Crippen LogP) is 4.58. The van der Waals surface area contributed by atoms with E-state index in [1.165, 1.54) is 24.6 Å². The van der Waals surface area contributed by atoms with E-state index in [2.05, 4.69) is 15.6 Å². The highest BCUT2D eigenvalue weighted by atomic mass is 35.5. The Kier molecular flexibility index (Phi) is 5.33. The molecule has 1 aromatic carbocycles. The molecule has 3 aromatic rings. The number of amides is 1. The third kappa shape index (κ3) is 4.55. The zero-order chi connectivity index (χ0) is 19.6. The minimum absolute atomic E-state index is 0.222. The summed E-state index contributed by atoms with van der Waals surface area (Å²) >= 11 is 6.97. The summed E-state index contributed by atoms with van der Waals surface area (Å²) < 4.78 is 39.4. The molecule has 1 amide bonds. The zero-order valence-corrected chi connectivity index (χ0v) is 15.4. The van der Waals surface area contributed by atoms with Crippen LogP contribution in [-0.4, -0.2) is 21.9 Å². The second-order valence-electron chi connectivity index (χ2n) is 5.44. The number of carbonyl (C=O) groups is 1. The lowest BCUT2D eigenvalue weighted by Gasteiger charge is -2.04. The second kappa shape index (κ2) is 7.53. The largest absolute Gasteiger partial charge is 0.433 e. The number of halogens is 4. The van der Waals surface area contributed by atoms with E-state index in [1.807, 2.05) is 0 Å². The maximum atomic E-state index is 12.9. The number of benzene rings is 1. The summed E-state index contributed by atoms with van der Waals surface area (Å²) in [6.07, 6.45) is -3.05. The van der Waals surface area contributed by atoms with Crippen LogP contribution in [0.5, 0.6) is 0 Å². The molecular weight excluding hydrogens is 401 g/mol. The van der Waals surface area contributed by atoms with Gasteiger partial charge in [0.25, 0.3) is 5.91 Å². The standard InChI is InChI=1S/C17H12ClF3N4OS/c1-25-15(17(19,20)21)8-13(24-25)14-7-6-12(27-14)9-22-23-16(26)10-2-4-11(18)5-3-10/h2-9H,1H3,(H,23,26)/b22-9-. The molecule has 1 N–H and O–H groups in total. The van der Waals surface area contributed by atoms with E-state index in [-0.39, 0.29) is 5.69 Å². The van der Waals surface area contributed by atoms with Gasteiger partial charge >= 0.3 is 6.18 Å². The first-order valence-electron chi connectivity index (χ1n) is 7.54. The van der Waals surface area contributed by atoms with Crippen LogP contribution in [-0.2, 0) is 13.2 Å². The number of alkyl halides is 3. The maximum absolute atomic E-state index is 12.9. The third-order valence-electron chi connectivity index (χ3n) is 3.51. The molecule has 0 fully saturated rings. The molecule has 27 heavy (non-hydrogen) atoms. The van der Waals surface area contributed by atoms with Gasteiger partial charge < -0.3 is 0 Å². The average Bonchev–Trinajstić information content (AvgIpc) is 3.21. The van der Waals surface area contributed by atoms with Crippen LogP contribution in [0.1, 0.15) is 20.9 Å². The van der Waals surface area contributed by atoms with Crippen molar-refractivity contribution in [1.82, 2.24) is 15.2 Å². The van der Waals surface area contributed by atoms with Crippen molar-refractivity contribution in [2.24, 2.45) is 12.1 Å². The first kappa shape index (κ1) is 19.1. The van der Waals surface area contributed by atoms with Gasteiger partial charge in [-0.15, -0.1) is 11.3 Å². The van der Waals surface area contributed by atoms with Crippen molar-refractivity contribution in [2.45, 2.75) is 6.18 Å². The number of hydrazone groups is 1. The molecule has 0 saturated carbocycles. The van der Waals surface area contributed by atoms with Crippen LogP contribution < -0.4 is 5.43 Å². The molecule has 3 rings (SSSR count). The molecule has 0 bridgehead atoms. The van der Waals surface area contributed by atoms with Gasteiger partial charge in [0.15, 0.2) is 0 Å². The minimum atomic E-state index is -4.46. The van der Waals surface area contributed by atoms with E-state index >= 15 is 0 Å². The van der Waals surface area contributed by atoms with Crippen LogP contribution in [0.4, 0.5) is 13.2 Å². The Morgan fingerprint density at radius 1 is 1.26 bits per heavy atom. The molecule has 5 nitrogen and oxygen atoms in total. The van der Waals surface area contributed by atoms with E-state index in [0.29, 0.717) is 20.3 Å². The molecule has 0 radical (unpaired) electrons. The Morgan fingerprint density at radius 3 is 2.59 bits per heavy atom. The minimum Gasteiger partial charge on any atom is -0.267 e. The predicted molar refractivity (Wildman–Crippen MR) is 98.0 cm³/mol. The number of nitrogens with one attached hydrogen (secondary N) is 1. The molecule has 10 heteroatoms. The number of thiophene rings is 1. The van der Waals surface area contributed by atoms with Gasteiger partial charge in [-0.25, -0.2) is 5.43 Å². The van der Waals surface area contributed by atoms with Crippen LogP contribution >= 0.6 is 22.9 Å². The SMILES string of the molecule is Cn1nc(-c2ccc(/C=N\NC(=O)c3ccc(Cl)cc3)s2)cc1C(F)(F)F. The maximum Gasteiger partial charge on any atom is 0.433 e. The number of aryl methyl sites for hydroxylation is 1. The summed E-state index contributed by atoms with van der Waals surface area (Å²) in [5.74, 6) is -0.403. The normalized spacial score (nSPS) is 11.9. The molecule has 0 saturated heterocycles. The molecule has 0 atom stereocenters. The van der Waals surface area contributed by atoms with E-state index in [9.17, 15) is 18.0 Å². The summed E-state index contributed by atoms with van der Waals surface area (Å²) in [6, 6.07) is 10.6. The highest BCUT2D eigenvalue weighted by Gasteiger charge is 2.35. The summed E-state index contributed by atoms with van der Waals surface area (Å²) in [7, 11) is 1.24. The van der Waals surface area contributed by atoms with Crippen LogP contribution in [0.3, 0.4) is 0 Å². The van der Waals surface area contributed by atoms with Crippen LogP contribution in [0.2, 0.25) is 5.02 Å². The zero-order valence-electron chi connectivity index (χ0n) is 13.8. The van der Waals surface area contributed by atoms with Crippen molar-refractivity contribution in [1.29, 1.82) is 0 Å². The molecule has 2 aromatic heterocycles. The fourth-order valence-corrected chi connectivity index (χ4v) is 3.19. The third-order valence-corrected chi connectivity index (χ3v) is 4.81. The number of aromatic nitrogens is 2. The molecule has 0 aliphatic carbocycles. The first-order chi connectivity index (χ1) is 12.7. The van der Waals surface area contributed by atoms with Crippen molar-refractivity contribution in [2.75, 3.05) is 0 Å². The number of carbonyl (C=O) groups excluding carboxylic acids is 1. The Hall–Kier alpha value is -2.65. The van der Waals surface area contributed by atoms with Crippen LogP contribution in [0, 0.1) is 0 Å². The van der Waals surface area contributed by atoms with Crippen molar-refractivity contribution >= 4 is 35.1 Å². The van der Waals surface area contributed by atoms with Crippen molar-refractivity contribution in [3.8, 4) is 10.6 Å². The topological polar surface area (TPSA) is 59.3 Å². The van der Waals surface area contributed by atoms with Gasteiger partial charge in [0.1, 0.15) is 11.4 Å². The Labute approximate surface area is 161 Å². The lowest BCUT2D eigenvalue weighted by atomic mass is 10.2. The van der Waals surface area contributed by atoms with E-state index in [1.54, 1.807) is 36.4 Å². The van der Waals surface area contributed by atoms with Gasteiger partial charge in [-0.1, -0.05) is 11.6 Å². The first-order valence-corrected chi connectivity index (χ1v) is 8.74. The molecule has 0 aliphatic rings. The summed E-state index contributed by atoms with van der Waals surface area (Å²) in [6.45, 7) is 0. The van der Waals surface area contributed by atoms with Gasteiger partial charge in [0.05, 0.1) is 11.1 Å². The van der Waals surface area contributed by atoms with Gasteiger partial charge in [-0.3, -0.25) is 9.48 Å². The smallest absolute Gasteiger partial charge is 0.267 e. The summed E-state index contributed by atoms with van der Waals surface area (Å²) in [4.78, 5) is 13.1. The number of rotatable bonds is 4. The van der Waals surface area contributed by atoms with Gasteiger partial charge in [0, 0.05) is 22.5 Å². The average molecular weight is 413 g/mol. The second-order valence-corrected chi connectivity index (χ2v) is 7.00. The van der Waals surface area contributed by atoms with Gasteiger partial charge in [-0.2, -0.15) is 23.4 Å². The van der Waals surface area contributed by atoms with Crippen molar-refractivity contribution in [3.05, 3.63) is 63.6 Å². The van der Waals surface area contributed by atoms with Crippen molar-refractivity contribution in [3.63, 3.8) is 0 Å². The fourth-order valence-electron chi connectivity index (χ4n) is 2.23. The quantitative estimate of drug-likeness (QED) is 0.503. The van der Waals surface area contributed by atoms with Crippen molar-refractivity contribution < 1.29 is 18.0 Å². The van der Waals surface area contributed by atoms with E-state index < -0.39 is 17.8 Å². The van der Waals surface area contributed by atoms with Gasteiger partial charge in [0.2, 0.25) is 0 Å². The number of hydrogen-bond acceptors (Lipinski definition) is 4. The fraction of sp³-hybridized carbons (Fsp3) is 0.118. The summed E-state index contributed by atoms with van der Waals surface area (Å²) in [5.41, 5.74) is 2.17. The Balaban J connectivity index is 1.68.